The van der Waals surface area contributed by atoms with Gasteiger partial charge in [0.15, 0.2) is 0 Å². The molecule has 2 aromatic carbocycles. The van der Waals surface area contributed by atoms with Gasteiger partial charge in [0.2, 0.25) is 11.6 Å². The number of methoxy groups -OCH3 is 2. The third kappa shape index (κ3) is 4.46. The minimum atomic E-state index is -0.553. The van der Waals surface area contributed by atoms with Crippen molar-refractivity contribution in [2.45, 2.75) is 6.92 Å². The summed E-state index contributed by atoms with van der Waals surface area (Å²) < 4.78 is 10.5. The van der Waals surface area contributed by atoms with E-state index in [0.717, 1.165) is 5.56 Å². The summed E-state index contributed by atoms with van der Waals surface area (Å²) in [5.41, 5.74) is 1.60. The van der Waals surface area contributed by atoms with Crippen molar-refractivity contribution in [3.05, 3.63) is 63.4 Å². The molecule has 0 saturated heterocycles. The van der Waals surface area contributed by atoms with E-state index < -0.39 is 4.92 Å². The Morgan fingerprint density at radius 3 is 2.28 bits per heavy atom. The van der Waals surface area contributed by atoms with E-state index in [-0.39, 0.29) is 17.3 Å². The van der Waals surface area contributed by atoms with E-state index in [0.29, 0.717) is 27.9 Å². The van der Waals surface area contributed by atoms with E-state index in [1.807, 2.05) is 6.92 Å². The van der Waals surface area contributed by atoms with Crippen LogP contribution in [0.2, 0.25) is 5.02 Å². The van der Waals surface area contributed by atoms with Gasteiger partial charge in [-0.25, -0.2) is 9.97 Å². The zero-order valence-corrected chi connectivity index (χ0v) is 16.6. The molecule has 0 unspecified atom stereocenters. The first kappa shape index (κ1) is 20.2. The van der Waals surface area contributed by atoms with Gasteiger partial charge in [-0.2, -0.15) is 0 Å². The average Bonchev–Trinajstić information content (AvgIpc) is 2.70. The van der Waals surface area contributed by atoms with Crippen LogP contribution in [-0.2, 0) is 0 Å². The van der Waals surface area contributed by atoms with Crippen LogP contribution in [0.4, 0.5) is 28.7 Å². The highest BCUT2D eigenvalue weighted by atomic mass is 35.5. The summed E-state index contributed by atoms with van der Waals surface area (Å²) in [5, 5.41) is 18.3. The summed E-state index contributed by atoms with van der Waals surface area (Å²) in [6.07, 6.45) is 1.23. The number of halogens is 1. The molecule has 3 aromatic rings. The summed E-state index contributed by atoms with van der Waals surface area (Å²) in [6.45, 7) is 1.83. The lowest BCUT2D eigenvalue weighted by atomic mass is 10.2. The number of benzene rings is 2. The van der Waals surface area contributed by atoms with Crippen LogP contribution in [-0.4, -0.2) is 29.1 Å². The Labute approximate surface area is 171 Å². The predicted octanol–water partition coefficient (Wildman–Crippen LogP) is 4.85. The molecule has 10 heteroatoms. The van der Waals surface area contributed by atoms with Crippen molar-refractivity contribution in [1.29, 1.82) is 0 Å². The monoisotopic (exact) mass is 415 g/mol. The van der Waals surface area contributed by atoms with E-state index in [9.17, 15) is 10.1 Å². The second kappa shape index (κ2) is 8.61. The van der Waals surface area contributed by atoms with Crippen LogP contribution < -0.4 is 20.1 Å². The molecule has 0 saturated carbocycles. The lowest BCUT2D eigenvalue weighted by Gasteiger charge is -2.14. The Balaban J connectivity index is 2.03. The summed E-state index contributed by atoms with van der Waals surface area (Å²) in [7, 11) is 3.02. The molecule has 0 bridgehead atoms. The molecule has 2 N–H and O–H groups in total. The molecule has 0 spiro atoms. The molecule has 29 heavy (non-hydrogen) atoms. The molecule has 1 aromatic heterocycles. The van der Waals surface area contributed by atoms with Crippen LogP contribution in [0.5, 0.6) is 11.5 Å². The lowest BCUT2D eigenvalue weighted by molar-refractivity contribution is -0.383. The van der Waals surface area contributed by atoms with Crippen LogP contribution in [0.25, 0.3) is 0 Å². The van der Waals surface area contributed by atoms with E-state index in [1.54, 1.807) is 36.4 Å². The highest BCUT2D eigenvalue weighted by molar-refractivity contribution is 6.30. The predicted molar refractivity (Wildman–Crippen MR) is 111 cm³/mol. The minimum absolute atomic E-state index is 0.00525. The molecule has 0 aliphatic rings. The van der Waals surface area contributed by atoms with Crippen molar-refractivity contribution >= 4 is 40.3 Å². The average molecular weight is 416 g/mol. The van der Waals surface area contributed by atoms with Gasteiger partial charge in [0.1, 0.15) is 17.8 Å². The smallest absolute Gasteiger partial charge is 0.353 e. The van der Waals surface area contributed by atoms with Crippen LogP contribution >= 0.6 is 11.6 Å². The van der Waals surface area contributed by atoms with Crippen LogP contribution in [0.1, 0.15) is 5.56 Å². The SMILES string of the molecule is COc1ccc(OC)c(Nc2ncnc(Nc3ccc(Cl)cc3C)c2[N+](=O)[O-])c1. The Kier molecular flexibility index (Phi) is 5.99. The maximum atomic E-state index is 11.8. The summed E-state index contributed by atoms with van der Waals surface area (Å²) in [6, 6.07) is 10.2. The molecule has 0 radical (unpaired) electrons. The Hall–Kier alpha value is -3.59. The van der Waals surface area contributed by atoms with Crippen molar-refractivity contribution in [3.8, 4) is 11.5 Å². The van der Waals surface area contributed by atoms with E-state index >= 15 is 0 Å². The maximum Gasteiger partial charge on any atom is 0.353 e. The Morgan fingerprint density at radius 2 is 1.69 bits per heavy atom. The van der Waals surface area contributed by atoms with E-state index in [2.05, 4.69) is 20.6 Å². The van der Waals surface area contributed by atoms with E-state index in [4.69, 9.17) is 21.1 Å². The molecular weight excluding hydrogens is 398 g/mol. The molecule has 9 nitrogen and oxygen atoms in total. The van der Waals surface area contributed by atoms with Crippen molar-refractivity contribution in [1.82, 2.24) is 9.97 Å². The largest absolute Gasteiger partial charge is 0.497 e. The number of anilines is 4. The molecular formula is C19H18ClN5O4. The molecule has 0 fully saturated rings. The van der Waals surface area contributed by atoms with Gasteiger partial charge in [-0.05, 0) is 42.8 Å². The van der Waals surface area contributed by atoms with Gasteiger partial charge in [-0.3, -0.25) is 10.1 Å². The third-order valence-corrected chi connectivity index (χ3v) is 4.34. The number of aryl methyl sites for hydroxylation is 1. The molecule has 3 rings (SSSR count). The first-order valence-electron chi connectivity index (χ1n) is 8.44. The maximum absolute atomic E-state index is 11.8. The number of nitrogens with zero attached hydrogens (tertiary/aromatic N) is 3. The van der Waals surface area contributed by atoms with Gasteiger partial charge in [0.05, 0.1) is 24.8 Å². The molecule has 0 aliphatic carbocycles. The summed E-state index contributed by atoms with van der Waals surface area (Å²) >= 11 is 5.98. The van der Waals surface area contributed by atoms with Crippen molar-refractivity contribution in [2.75, 3.05) is 24.9 Å². The second-order valence-corrected chi connectivity index (χ2v) is 6.39. The first-order chi connectivity index (χ1) is 13.9. The third-order valence-electron chi connectivity index (χ3n) is 4.11. The van der Waals surface area contributed by atoms with Gasteiger partial charge in [-0.15, -0.1) is 0 Å². The van der Waals surface area contributed by atoms with Crippen LogP contribution in [0.3, 0.4) is 0 Å². The molecule has 0 atom stereocenters. The number of nitrogens with one attached hydrogen (secondary N) is 2. The molecule has 1 heterocycles. The first-order valence-corrected chi connectivity index (χ1v) is 8.82. The number of aromatic nitrogens is 2. The van der Waals surface area contributed by atoms with Crippen molar-refractivity contribution in [2.24, 2.45) is 0 Å². The Bertz CT molecular complexity index is 1060. The summed E-state index contributed by atoms with van der Waals surface area (Å²) in [5.74, 6) is 1.08. The number of hydrogen-bond donors (Lipinski definition) is 2. The number of ether oxygens (including phenoxy) is 2. The quantitative estimate of drug-likeness (QED) is 0.416. The topological polar surface area (TPSA) is 111 Å². The zero-order valence-electron chi connectivity index (χ0n) is 15.9. The highest BCUT2D eigenvalue weighted by Crippen LogP contribution is 2.37. The van der Waals surface area contributed by atoms with Crippen molar-refractivity contribution < 1.29 is 14.4 Å². The van der Waals surface area contributed by atoms with Gasteiger partial charge < -0.3 is 20.1 Å². The lowest BCUT2D eigenvalue weighted by Crippen LogP contribution is -2.06. The highest BCUT2D eigenvalue weighted by Gasteiger charge is 2.24. The van der Waals surface area contributed by atoms with Crippen molar-refractivity contribution in [3.63, 3.8) is 0 Å². The number of rotatable bonds is 7. The fourth-order valence-electron chi connectivity index (χ4n) is 2.67. The van der Waals surface area contributed by atoms with Crippen LogP contribution in [0.15, 0.2) is 42.7 Å². The standard InChI is InChI=1S/C19H18ClN5O4/c1-11-8-12(20)4-6-14(11)23-18-17(25(26)27)19(22-10-21-18)24-15-9-13(28-2)5-7-16(15)29-3/h4-10H,1-3H3,(H2,21,22,23,24). The molecule has 0 aliphatic heterocycles. The fourth-order valence-corrected chi connectivity index (χ4v) is 2.90. The molecule has 150 valence electrons. The second-order valence-electron chi connectivity index (χ2n) is 5.95. The number of nitro groups is 1. The normalized spacial score (nSPS) is 10.3. The number of hydrogen-bond acceptors (Lipinski definition) is 8. The van der Waals surface area contributed by atoms with Gasteiger partial charge in [0, 0.05) is 16.8 Å². The van der Waals surface area contributed by atoms with Crippen LogP contribution in [0, 0.1) is 17.0 Å². The van der Waals surface area contributed by atoms with E-state index in [1.165, 1.54) is 20.5 Å². The zero-order chi connectivity index (χ0) is 21.0. The Morgan fingerprint density at radius 1 is 1.00 bits per heavy atom. The fraction of sp³-hybridized carbons (Fsp3) is 0.158. The van der Waals surface area contributed by atoms with Gasteiger partial charge >= 0.3 is 5.69 Å². The van der Waals surface area contributed by atoms with Gasteiger partial charge in [-0.1, -0.05) is 11.6 Å². The summed E-state index contributed by atoms with van der Waals surface area (Å²) in [4.78, 5) is 19.3. The molecule has 0 amide bonds. The van der Waals surface area contributed by atoms with Gasteiger partial charge in [0.25, 0.3) is 0 Å². The minimum Gasteiger partial charge on any atom is -0.497 e.